The molecule has 0 N–H and O–H groups in total. The molecule has 1 aromatic heterocycles. The summed E-state index contributed by atoms with van der Waals surface area (Å²) in [4.78, 5) is 53.6. The Morgan fingerprint density at radius 1 is 1.13 bits per heavy atom. The highest BCUT2D eigenvalue weighted by molar-refractivity contribution is 7.10. The molecule has 3 atom stereocenters. The fourth-order valence-corrected chi connectivity index (χ4v) is 6.25. The number of rotatable bonds is 6. The van der Waals surface area contributed by atoms with E-state index in [0.717, 1.165) is 17.0 Å². The number of thiophene rings is 1. The molecular weight excluding hydrogens is 530 g/mol. The number of hydrogen-bond donors (Lipinski definition) is 0. The smallest absolute Gasteiger partial charge is 0.317 e. The van der Waals surface area contributed by atoms with Gasteiger partial charge in [0.25, 0.3) is 5.69 Å². The predicted molar refractivity (Wildman–Crippen MR) is 138 cm³/mol. The molecule has 8 nitrogen and oxygen atoms in total. The minimum Gasteiger partial charge on any atom is -0.465 e. The summed E-state index contributed by atoms with van der Waals surface area (Å²) in [6, 6.07) is 11.9. The lowest BCUT2D eigenvalue weighted by molar-refractivity contribution is -0.384. The minimum absolute atomic E-state index is 0.0129. The third-order valence-corrected chi connectivity index (χ3v) is 8.01. The lowest BCUT2D eigenvalue weighted by atomic mass is 9.69. The van der Waals surface area contributed by atoms with Gasteiger partial charge in [-0.3, -0.25) is 29.4 Å². The number of carbonyl (C=O) groups is 3. The first-order chi connectivity index (χ1) is 18.7. The first kappa shape index (κ1) is 26.4. The van der Waals surface area contributed by atoms with Crippen LogP contribution in [0.25, 0.3) is 0 Å². The average molecular weight is 553 g/mol. The molecule has 0 spiro atoms. The van der Waals surface area contributed by atoms with Gasteiger partial charge < -0.3 is 4.74 Å². The van der Waals surface area contributed by atoms with Gasteiger partial charge in [-0.25, -0.2) is 8.78 Å². The van der Waals surface area contributed by atoms with E-state index >= 15 is 4.39 Å². The highest BCUT2D eigenvalue weighted by atomic mass is 32.1. The van der Waals surface area contributed by atoms with Crippen molar-refractivity contribution < 1.29 is 32.8 Å². The van der Waals surface area contributed by atoms with Crippen molar-refractivity contribution in [2.75, 3.05) is 11.5 Å². The number of hydrogen-bond acceptors (Lipinski definition) is 7. The lowest BCUT2D eigenvalue weighted by Crippen LogP contribution is -2.46. The van der Waals surface area contributed by atoms with E-state index in [1.807, 2.05) is 0 Å². The Labute approximate surface area is 225 Å². The minimum atomic E-state index is -1.23. The Morgan fingerprint density at radius 3 is 2.59 bits per heavy atom. The first-order valence-corrected chi connectivity index (χ1v) is 13.1. The van der Waals surface area contributed by atoms with E-state index in [0.29, 0.717) is 16.5 Å². The fraction of sp³-hybridized carbons (Fsp3) is 0.250. The second-order valence-electron chi connectivity index (χ2n) is 9.21. The van der Waals surface area contributed by atoms with Crippen molar-refractivity contribution >= 4 is 40.4 Å². The van der Waals surface area contributed by atoms with Crippen LogP contribution in [0.2, 0.25) is 0 Å². The maximum absolute atomic E-state index is 15.0. The molecule has 2 aromatic carbocycles. The van der Waals surface area contributed by atoms with Crippen LogP contribution in [0.15, 0.2) is 71.2 Å². The number of nitro benzene ring substituents is 1. The Morgan fingerprint density at radius 2 is 1.92 bits per heavy atom. The summed E-state index contributed by atoms with van der Waals surface area (Å²) < 4.78 is 34.0. The van der Waals surface area contributed by atoms with Crippen LogP contribution in [0.3, 0.4) is 0 Å². The van der Waals surface area contributed by atoms with E-state index < -0.39 is 52.0 Å². The van der Waals surface area contributed by atoms with Crippen molar-refractivity contribution in [2.24, 2.45) is 5.92 Å². The Kier molecular flexibility index (Phi) is 7.09. The third-order valence-electron chi connectivity index (χ3n) is 7.00. The number of anilines is 1. The van der Waals surface area contributed by atoms with E-state index in [-0.39, 0.29) is 42.1 Å². The SMILES string of the molecule is CCOC(=O)[C@@H]1C(=O)C2=C(C[C@@H]1c1cccs1)N(c1ccc(F)cc1F)C(=O)C[C@H]2c1cccc([N+](=O)[O-])c1. The van der Waals surface area contributed by atoms with Gasteiger partial charge in [0.15, 0.2) is 5.78 Å². The number of benzene rings is 2. The molecule has 3 aromatic rings. The molecule has 0 saturated carbocycles. The summed E-state index contributed by atoms with van der Waals surface area (Å²) in [6.07, 6.45) is -0.305. The molecular formula is C28H22F2N2O6S. The normalized spacial score (nSPS) is 21.1. The number of amides is 1. The van der Waals surface area contributed by atoms with Crippen LogP contribution >= 0.6 is 11.3 Å². The van der Waals surface area contributed by atoms with E-state index in [4.69, 9.17) is 4.74 Å². The van der Waals surface area contributed by atoms with Gasteiger partial charge in [0.05, 0.1) is 17.2 Å². The van der Waals surface area contributed by atoms with Crippen LogP contribution < -0.4 is 4.90 Å². The van der Waals surface area contributed by atoms with Gasteiger partial charge in [0.1, 0.15) is 17.6 Å². The predicted octanol–water partition coefficient (Wildman–Crippen LogP) is 5.65. The van der Waals surface area contributed by atoms with Gasteiger partial charge in [0.2, 0.25) is 5.91 Å². The van der Waals surface area contributed by atoms with Gasteiger partial charge in [0, 0.05) is 52.6 Å². The molecule has 2 aliphatic rings. The number of non-ortho nitro benzene ring substituents is 1. The highest BCUT2D eigenvalue weighted by Gasteiger charge is 2.50. The van der Waals surface area contributed by atoms with Crippen molar-refractivity contribution in [2.45, 2.75) is 31.6 Å². The van der Waals surface area contributed by atoms with E-state index in [1.54, 1.807) is 30.5 Å². The molecule has 0 bridgehead atoms. The molecule has 39 heavy (non-hydrogen) atoms. The topological polar surface area (TPSA) is 107 Å². The molecule has 1 aliphatic heterocycles. The molecule has 0 fully saturated rings. The number of Topliss-reactive ketones (excluding diaryl/α,β-unsaturated/α-hetero) is 1. The number of nitro groups is 1. The van der Waals surface area contributed by atoms with Crippen LogP contribution in [-0.4, -0.2) is 29.2 Å². The van der Waals surface area contributed by atoms with Crippen molar-refractivity contribution in [3.63, 3.8) is 0 Å². The number of esters is 1. The molecule has 0 saturated heterocycles. The highest BCUT2D eigenvalue weighted by Crippen LogP contribution is 2.50. The molecule has 2 heterocycles. The van der Waals surface area contributed by atoms with Gasteiger partial charge in [-0.05, 0) is 42.5 Å². The Bertz CT molecular complexity index is 1520. The molecule has 200 valence electrons. The Hall–Kier alpha value is -4.25. The summed E-state index contributed by atoms with van der Waals surface area (Å²) >= 11 is 1.33. The lowest BCUT2D eigenvalue weighted by Gasteiger charge is -2.42. The molecule has 11 heteroatoms. The zero-order valence-electron chi connectivity index (χ0n) is 20.6. The summed E-state index contributed by atoms with van der Waals surface area (Å²) in [7, 11) is 0. The van der Waals surface area contributed by atoms with Crippen LogP contribution in [0.1, 0.15) is 42.0 Å². The Balaban J connectivity index is 1.74. The quantitative estimate of drug-likeness (QED) is 0.169. The molecule has 5 rings (SSSR count). The van der Waals surface area contributed by atoms with Crippen LogP contribution in [0, 0.1) is 27.7 Å². The van der Waals surface area contributed by atoms with Crippen LogP contribution in [0.5, 0.6) is 0 Å². The van der Waals surface area contributed by atoms with E-state index in [9.17, 15) is 28.9 Å². The summed E-state index contributed by atoms with van der Waals surface area (Å²) in [5.74, 6) is -6.54. The number of carbonyl (C=O) groups excluding carboxylic acids is 3. The molecule has 0 unspecified atom stereocenters. The van der Waals surface area contributed by atoms with Crippen LogP contribution in [-0.2, 0) is 19.1 Å². The summed E-state index contributed by atoms with van der Waals surface area (Å²) in [6.45, 7) is 1.67. The van der Waals surface area contributed by atoms with E-state index in [1.165, 1.54) is 29.5 Å². The first-order valence-electron chi connectivity index (χ1n) is 12.2. The summed E-state index contributed by atoms with van der Waals surface area (Å²) in [5.41, 5.74) is 0.159. The maximum atomic E-state index is 15.0. The number of halogens is 2. The second-order valence-corrected chi connectivity index (χ2v) is 10.2. The number of allylic oxidation sites excluding steroid dienone is 2. The van der Waals surface area contributed by atoms with Gasteiger partial charge in [-0.1, -0.05) is 18.2 Å². The molecule has 1 amide bonds. The second kappa shape index (κ2) is 10.5. The molecule has 0 radical (unpaired) electrons. The summed E-state index contributed by atoms with van der Waals surface area (Å²) in [5, 5.41) is 13.2. The van der Waals surface area contributed by atoms with Crippen LogP contribution in [0.4, 0.5) is 20.2 Å². The molecule has 1 aliphatic carbocycles. The fourth-order valence-electron chi connectivity index (χ4n) is 5.38. The van der Waals surface area contributed by atoms with E-state index in [2.05, 4.69) is 0 Å². The van der Waals surface area contributed by atoms with Gasteiger partial charge in [-0.15, -0.1) is 11.3 Å². The van der Waals surface area contributed by atoms with Crippen molar-refractivity contribution in [3.05, 3.63) is 103 Å². The van der Waals surface area contributed by atoms with Crippen molar-refractivity contribution in [1.29, 1.82) is 0 Å². The zero-order chi connectivity index (χ0) is 27.8. The third kappa shape index (κ3) is 4.74. The van der Waals surface area contributed by atoms with Gasteiger partial charge in [-0.2, -0.15) is 0 Å². The maximum Gasteiger partial charge on any atom is 0.317 e. The number of ether oxygens (including phenoxy) is 1. The van der Waals surface area contributed by atoms with Crippen molar-refractivity contribution in [3.8, 4) is 0 Å². The average Bonchev–Trinajstić information content (AvgIpc) is 3.44. The number of nitrogens with zero attached hydrogens (tertiary/aromatic N) is 2. The monoisotopic (exact) mass is 552 g/mol. The zero-order valence-corrected chi connectivity index (χ0v) is 21.5. The largest absolute Gasteiger partial charge is 0.465 e. The standard InChI is InChI=1S/C28H22F2N2O6S/c1-2-38-28(35)26-19(23-7-4-10-39-23)13-22-25(27(26)34)18(15-5-3-6-17(11-15)32(36)37)14-24(33)31(22)21-9-8-16(29)12-20(21)30/h3-12,18-19,26H,2,13-14H2,1H3/t18-,19+,26-/m0/s1. The number of ketones is 1. The van der Waals surface area contributed by atoms with Crippen molar-refractivity contribution in [1.82, 2.24) is 0 Å². The van der Waals surface area contributed by atoms with Gasteiger partial charge >= 0.3 is 5.97 Å².